The number of unbranched alkanes of at least 4 members (excludes halogenated alkanes) is 1. The summed E-state index contributed by atoms with van der Waals surface area (Å²) < 4.78 is 0. The lowest BCUT2D eigenvalue weighted by atomic mass is 9.98. The number of aryl methyl sites for hydroxylation is 2. The van der Waals surface area contributed by atoms with Crippen molar-refractivity contribution < 1.29 is 9.90 Å². The number of nitrogens with one attached hydrogen (secondary N) is 1. The van der Waals surface area contributed by atoms with Crippen LogP contribution in [0.3, 0.4) is 0 Å². The van der Waals surface area contributed by atoms with Gasteiger partial charge in [-0.15, -0.1) is 11.3 Å². The molecule has 2 rings (SSSR count). The number of piperidine rings is 1. The Morgan fingerprint density at radius 1 is 1.48 bits per heavy atom. The second-order valence-corrected chi connectivity index (χ2v) is 6.63. The maximum absolute atomic E-state index is 12.0. The Morgan fingerprint density at radius 3 is 2.86 bits per heavy atom. The fraction of sp³-hybridized carbons (Fsp3) is 0.733. The summed E-state index contributed by atoms with van der Waals surface area (Å²) in [5.41, 5.74) is 1.09. The monoisotopic (exact) mass is 311 g/mol. The molecular weight excluding hydrogens is 286 g/mol. The smallest absolute Gasteiger partial charge is 0.317 e. The Morgan fingerprint density at radius 2 is 2.24 bits per heavy atom. The average Bonchev–Trinajstić information content (AvgIpc) is 2.92. The van der Waals surface area contributed by atoms with E-state index in [1.807, 2.05) is 11.8 Å². The third kappa shape index (κ3) is 5.28. The number of hydrogen-bond donors (Lipinski definition) is 2. The standard InChI is InChI=1S/C15H25N3O2S/c1-12-11-21-14(17-12)4-2-3-7-16-15(20)18-8-5-13(10-19)6-9-18/h11,13,19H,2-10H2,1H3,(H,16,20). The number of thiazole rings is 1. The van der Waals surface area contributed by atoms with Crippen LogP contribution in [0.25, 0.3) is 0 Å². The number of amides is 2. The first-order chi connectivity index (χ1) is 10.2. The first-order valence-electron chi connectivity index (χ1n) is 7.73. The van der Waals surface area contributed by atoms with E-state index in [0.29, 0.717) is 5.92 Å². The highest BCUT2D eigenvalue weighted by Gasteiger charge is 2.21. The lowest BCUT2D eigenvalue weighted by Gasteiger charge is -2.31. The molecule has 118 valence electrons. The van der Waals surface area contributed by atoms with Crippen molar-refractivity contribution in [2.45, 2.75) is 39.0 Å². The van der Waals surface area contributed by atoms with Crippen LogP contribution in [-0.4, -0.2) is 47.3 Å². The molecule has 0 unspecified atom stereocenters. The molecule has 0 atom stereocenters. The molecule has 1 aromatic heterocycles. The van der Waals surface area contributed by atoms with Crippen molar-refractivity contribution in [1.82, 2.24) is 15.2 Å². The number of nitrogens with zero attached hydrogens (tertiary/aromatic N) is 2. The zero-order valence-electron chi connectivity index (χ0n) is 12.7. The van der Waals surface area contributed by atoms with Crippen molar-refractivity contribution in [2.75, 3.05) is 26.2 Å². The minimum absolute atomic E-state index is 0.0384. The lowest BCUT2D eigenvalue weighted by molar-refractivity contribution is 0.137. The quantitative estimate of drug-likeness (QED) is 0.792. The number of carbonyl (C=O) groups is 1. The summed E-state index contributed by atoms with van der Waals surface area (Å²) in [6.07, 6.45) is 4.86. The number of aliphatic hydroxyl groups is 1. The van der Waals surface area contributed by atoms with Crippen LogP contribution in [0.15, 0.2) is 5.38 Å². The van der Waals surface area contributed by atoms with E-state index in [4.69, 9.17) is 5.11 Å². The SMILES string of the molecule is Cc1csc(CCCCNC(=O)N2CCC(CO)CC2)n1. The van der Waals surface area contributed by atoms with Gasteiger partial charge in [-0.05, 0) is 44.9 Å². The van der Waals surface area contributed by atoms with Crippen molar-refractivity contribution in [3.63, 3.8) is 0 Å². The minimum atomic E-state index is 0.0384. The van der Waals surface area contributed by atoms with E-state index in [1.165, 1.54) is 5.01 Å². The number of aliphatic hydroxyl groups excluding tert-OH is 1. The summed E-state index contributed by atoms with van der Waals surface area (Å²) in [6.45, 7) is 4.50. The molecule has 1 saturated heterocycles. The molecule has 0 aliphatic carbocycles. The first kappa shape index (κ1) is 16.2. The van der Waals surface area contributed by atoms with Crippen LogP contribution in [0.4, 0.5) is 4.79 Å². The molecule has 6 heteroatoms. The van der Waals surface area contributed by atoms with E-state index >= 15 is 0 Å². The largest absolute Gasteiger partial charge is 0.396 e. The van der Waals surface area contributed by atoms with Crippen molar-refractivity contribution in [1.29, 1.82) is 0 Å². The molecule has 2 N–H and O–H groups in total. The predicted octanol–water partition coefficient (Wildman–Crippen LogP) is 2.19. The van der Waals surface area contributed by atoms with Crippen LogP contribution in [0.5, 0.6) is 0 Å². The third-order valence-electron chi connectivity index (χ3n) is 3.92. The van der Waals surface area contributed by atoms with Crippen LogP contribution in [0.1, 0.15) is 36.4 Å². The van der Waals surface area contributed by atoms with Gasteiger partial charge in [0.15, 0.2) is 0 Å². The maximum atomic E-state index is 12.0. The Balaban J connectivity index is 1.55. The molecule has 0 aromatic carbocycles. The van der Waals surface area contributed by atoms with Gasteiger partial charge in [-0.1, -0.05) is 0 Å². The first-order valence-corrected chi connectivity index (χ1v) is 8.61. The number of likely N-dealkylation sites (tertiary alicyclic amines) is 1. The maximum Gasteiger partial charge on any atom is 0.317 e. The van der Waals surface area contributed by atoms with Crippen LogP contribution < -0.4 is 5.32 Å². The molecule has 0 spiro atoms. The van der Waals surface area contributed by atoms with Gasteiger partial charge >= 0.3 is 6.03 Å². The summed E-state index contributed by atoms with van der Waals surface area (Å²) in [4.78, 5) is 18.3. The number of aromatic nitrogens is 1. The van der Waals surface area contributed by atoms with Gasteiger partial charge in [0.2, 0.25) is 0 Å². The van der Waals surface area contributed by atoms with E-state index in [-0.39, 0.29) is 12.6 Å². The summed E-state index contributed by atoms with van der Waals surface area (Å²) in [6, 6.07) is 0.0384. The van der Waals surface area contributed by atoms with Gasteiger partial charge in [-0.25, -0.2) is 9.78 Å². The number of urea groups is 1. The lowest BCUT2D eigenvalue weighted by Crippen LogP contribution is -2.45. The summed E-state index contributed by atoms with van der Waals surface area (Å²) in [5, 5.41) is 15.3. The van der Waals surface area contributed by atoms with Crippen LogP contribution in [0.2, 0.25) is 0 Å². The van der Waals surface area contributed by atoms with Gasteiger partial charge in [-0.3, -0.25) is 0 Å². The van der Waals surface area contributed by atoms with Crippen LogP contribution in [0, 0.1) is 12.8 Å². The molecule has 2 amide bonds. The second kappa shape index (κ2) is 8.34. The third-order valence-corrected chi connectivity index (χ3v) is 4.95. The molecule has 1 aliphatic heterocycles. The molecule has 0 saturated carbocycles. The van der Waals surface area contributed by atoms with Crippen molar-refractivity contribution in [3.05, 3.63) is 16.1 Å². The van der Waals surface area contributed by atoms with Crippen LogP contribution in [-0.2, 0) is 6.42 Å². The van der Waals surface area contributed by atoms with Gasteiger partial charge in [0.05, 0.1) is 5.01 Å². The molecule has 1 aromatic rings. The van der Waals surface area contributed by atoms with Crippen molar-refractivity contribution in [2.24, 2.45) is 5.92 Å². The van der Waals surface area contributed by atoms with Crippen molar-refractivity contribution in [3.8, 4) is 0 Å². The Hall–Kier alpha value is -1.14. The molecule has 5 nitrogen and oxygen atoms in total. The molecular formula is C15H25N3O2S. The Bertz CT molecular complexity index is 442. The van der Waals surface area contributed by atoms with Gasteiger partial charge in [0, 0.05) is 37.3 Å². The Labute approximate surface area is 130 Å². The summed E-state index contributed by atoms with van der Waals surface area (Å²) in [5.74, 6) is 0.371. The van der Waals surface area contributed by atoms with E-state index in [1.54, 1.807) is 11.3 Å². The molecule has 1 fully saturated rings. The molecule has 21 heavy (non-hydrogen) atoms. The zero-order valence-corrected chi connectivity index (χ0v) is 13.5. The van der Waals surface area contributed by atoms with Crippen LogP contribution >= 0.6 is 11.3 Å². The number of carbonyl (C=O) groups excluding carboxylic acids is 1. The summed E-state index contributed by atoms with van der Waals surface area (Å²) >= 11 is 1.71. The van der Waals surface area contributed by atoms with E-state index in [2.05, 4.69) is 15.7 Å². The molecule has 2 heterocycles. The zero-order chi connectivity index (χ0) is 15.1. The van der Waals surface area contributed by atoms with E-state index in [0.717, 1.165) is 57.4 Å². The van der Waals surface area contributed by atoms with Gasteiger partial charge in [0.1, 0.15) is 0 Å². The van der Waals surface area contributed by atoms with Crippen molar-refractivity contribution >= 4 is 17.4 Å². The molecule has 1 aliphatic rings. The highest BCUT2D eigenvalue weighted by molar-refractivity contribution is 7.09. The second-order valence-electron chi connectivity index (χ2n) is 5.68. The van der Waals surface area contributed by atoms with Gasteiger partial charge in [-0.2, -0.15) is 0 Å². The van der Waals surface area contributed by atoms with Gasteiger partial charge < -0.3 is 15.3 Å². The topological polar surface area (TPSA) is 65.5 Å². The highest BCUT2D eigenvalue weighted by Crippen LogP contribution is 2.16. The predicted molar refractivity (Wildman–Crippen MR) is 84.6 cm³/mol. The summed E-state index contributed by atoms with van der Waals surface area (Å²) in [7, 11) is 0. The molecule has 0 radical (unpaired) electrons. The fourth-order valence-corrected chi connectivity index (χ4v) is 3.36. The number of hydrogen-bond acceptors (Lipinski definition) is 4. The van der Waals surface area contributed by atoms with Gasteiger partial charge in [0.25, 0.3) is 0 Å². The Kier molecular flexibility index (Phi) is 6.45. The van der Waals surface area contributed by atoms with E-state index < -0.39 is 0 Å². The number of rotatable bonds is 6. The average molecular weight is 311 g/mol. The highest BCUT2D eigenvalue weighted by atomic mass is 32.1. The molecule has 0 bridgehead atoms. The normalized spacial score (nSPS) is 16.2. The van der Waals surface area contributed by atoms with E-state index in [9.17, 15) is 4.79 Å². The fourth-order valence-electron chi connectivity index (χ4n) is 2.54. The minimum Gasteiger partial charge on any atom is -0.396 e.